The van der Waals surface area contributed by atoms with Crippen molar-refractivity contribution in [3.8, 4) is 0 Å². The lowest BCUT2D eigenvalue weighted by Crippen LogP contribution is -1.55. The summed E-state index contributed by atoms with van der Waals surface area (Å²) in [5.74, 6) is 0. The SMILES string of the molecule is C=C.C=CC(=C)C=C.CC. The van der Waals surface area contributed by atoms with E-state index in [9.17, 15) is 0 Å². The van der Waals surface area contributed by atoms with Crippen molar-refractivity contribution in [2.75, 3.05) is 0 Å². The third-order valence-electron chi connectivity index (χ3n) is 0.524. The maximum atomic E-state index is 3.56. The predicted molar refractivity (Wildman–Crippen MR) is 52.1 cm³/mol. The zero-order valence-corrected chi connectivity index (χ0v) is 7.19. The van der Waals surface area contributed by atoms with E-state index in [1.54, 1.807) is 12.2 Å². The standard InChI is InChI=1S/C6H8.C2H6.C2H4/c1-4-6(3)5-2;2*1-2/h4-5H,1-3H2;1-2H3;1-2H2. The van der Waals surface area contributed by atoms with Crippen molar-refractivity contribution in [3.63, 3.8) is 0 Å². The van der Waals surface area contributed by atoms with Crippen LogP contribution in [0, 0.1) is 0 Å². The monoisotopic (exact) mass is 138 g/mol. The van der Waals surface area contributed by atoms with E-state index in [4.69, 9.17) is 0 Å². The molecule has 0 amide bonds. The normalized spacial score (nSPS) is 5.00. The first-order chi connectivity index (χ1) is 4.81. The number of rotatable bonds is 2. The van der Waals surface area contributed by atoms with E-state index in [0.717, 1.165) is 5.57 Å². The van der Waals surface area contributed by atoms with Gasteiger partial charge in [-0.05, 0) is 5.57 Å². The minimum absolute atomic E-state index is 0.870. The number of hydrogen-bond acceptors (Lipinski definition) is 0. The van der Waals surface area contributed by atoms with Gasteiger partial charge in [0.25, 0.3) is 0 Å². The highest BCUT2D eigenvalue weighted by atomic mass is 13.7. The summed E-state index contributed by atoms with van der Waals surface area (Å²) in [6.07, 6.45) is 3.32. The van der Waals surface area contributed by atoms with Gasteiger partial charge in [0.1, 0.15) is 0 Å². The summed E-state index contributed by atoms with van der Waals surface area (Å²) in [7, 11) is 0. The van der Waals surface area contributed by atoms with Gasteiger partial charge in [0.05, 0.1) is 0 Å². The van der Waals surface area contributed by atoms with Crippen LogP contribution in [-0.2, 0) is 0 Å². The maximum absolute atomic E-state index is 3.56. The van der Waals surface area contributed by atoms with E-state index in [2.05, 4.69) is 32.9 Å². The van der Waals surface area contributed by atoms with E-state index in [-0.39, 0.29) is 0 Å². The molecule has 0 spiro atoms. The Morgan fingerprint density at radius 1 is 1.00 bits per heavy atom. The maximum Gasteiger partial charge on any atom is -0.0340 e. The molecular weight excluding hydrogens is 120 g/mol. The lowest BCUT2D eigenvalue weighted by molar-refractivity contribution is 1.50. The highest BCUT2D eigenvalue weighted by molar-refractivity contribution is 5.22. The van der Waals surface area contributed by atoms with Crippen LogP contribution in [0.3, 0.4) is 0 Å². The Labute approximate surface area is 65.3 Å². The average Bonchev–Trinajstić information content (AvgIpc) is 2.10. The van der Waals surface area contributed by atoms with Crippen LogP contribution in [0.2, 0.25) is 0 Å². The molecule has 0 N–H and O–H groups in total. The molecule has 0 nitrogen and oxygen atoms in total. The van der Waals surface area contributed by atoms with Crippen molar-refractivity contribution in [1.82, 2.24) is 0 Å². The summed E-state index contributed by atoms with van der Waals surface area (Å²) in [6.45, 7) is 20.5. The number of allylic oxidation sites excluding steroid dienone is 3. The van der Waals surface area contributed by atoms with Crippen molar-refractivity contribution >= 4 is 0 Å². The zero-order valence-electron chi connectivity index (χ0n) is 7.19. The quantitative estimate of drug-likeness (QED) is 0.403. The van der Waals surface area contributed by atoms with Crippen molar-refractivity contribution in [2.45, 2.75) is 13.8 Å². The molecule has 0 heteroatoms. The third kappa shape index (κ3) is 28.2. The minimum Gasteiger partial charge on any atom is -0.106 e. The molecule has 0 aromatic heterocycles. The molecule has 0 rings (SSSR count). The zero-order chi connectivity index (χ0) is 8.99. The molecule has 0 saturated carbocycles. The molecule has 0 fully saturated rings. The molecule has 0 aliphatic rings. The summed E-state index contributed by atoms with van der Waals surface area (Å²) < 4.78 is 0. The van der Waals surface area contributed by atoms with Gasteiger partial charge in [0.15, 0.2) is 0 Å². The van der Waals surface area contributed by atoms with Gasteiger partial charge in [-0.1, -0.05) is 45.7 Å². The van der Waals surface area contributed by atoms with Gasteiger partial charge in [-0.3, -0.25) is 0 Å². The molecule has 0 unspecified atom stereocenters. The number of hydrogen-bond donors (Lipinski definition) is 0. The van der Waals surface area contributed by atoms with Crippen LogP contribution in [-0.4, -0.2) is 0 Å². The van der Waals surface area contributed by atoms with Crippen LogP contribution < -0.4 is 0 Å². The first kappa shape index (κ1) is 16.0. The molecule has 0 aromatic rings. The van der Waals surface area contributed by atoms with Crippen molar-refractivity contribution < 1.29 is 0 Å². The average molecular weight is 138 g/mol. The fourth-order valence-electron chi connectivity index (χ4n) is 0.0833. The largest absolute Gasteiger partial charge is 0.106 e. The fourth-order valence-corrected chi connectivity index (χ4v) is 0.0833. The van der Waals surface area contributed by atoms with Crippen LogP contribution >= 0.6 is 0 Å². The van der Waals surface area contributed by atoms with E-state index < -0.39 is 0 Å². The molecular formula is C10H18. The van der Waals surface area contributed by atoms with Gasteiger partial charge >= 0.3 is 0 Å². The summed E-state index contributed by atoms with van der Waals surface area (Å²) in [6, 6.07) is 0. The van der Waals surface area contributed by atoms with Crippen LogP contribution in [0.5, 0.6) is 0 Å². The first-order valence-electron chi connectivity index (χ1n) is 3.25. The lowest BCUT2D eigenvalue weighted by atomic mass is 10.3. The topological polar surface area (TPSA) is 0 Å². The summed E-state index contributed by atoms with van der Waals surface area (Å²) >= 11 is 0. The molecule has 0 atom stereocenters. The van der Waals surface area contributed by atoms with Crippen molar-refractivity contribution in [1.29, 1.82) is 0 Å². The van der Waals surface area contributed by atoms with E-state index in [1.807, 2.05) is 13.8 Å². The fraction of sp³-hybridized carbons (Fsp3) is 0.200. The lowest BCUT2D eigenvalue weighted by Gasteiger charge is -1.76. The minimum atomic E-state index is 0.870. The Morgan fingerprint density at radius 2 is 1.20 bits per heavy atom. The second kappa shape index (κ2) is 24.6. The second-order valence-corrected chi connectivity index (χ2v) is 0.983. The van der Waals surface area contributed by atoms with Gasteiger partial charge in [-0.15, -0.1) is 13.2 Å². The summed E-state index contributed by atoms with van der Waals surface area (Å²) in [5.41, 5.74) is 0.870. The predicted octanol–water partition coefficient (Wildman–Crippen LogP) is 3.74. The highest BCUT2D eigenvalue weighted by Crippen LogP contribution is 1.86. The van der Waals surface area contributed by atoms with Crippen LogP contribution in [0.15, 0.2) is 50.6 Å². The van der Waals surface area contributed by atoms with Gasteiger partial charge in [-0.25, -0.2) is 0 Å². The Hall–Kier alpha value is -1.04. The molecule has 0 aliphatic heterocycles. The first-order valence-corrected chi connectivity index (χ1v) is 3.25. The molecule has 0 bridgehead atoms. The third-order valence-corrected chi connectivity index (χ3v) is 0.524. The smallest absolute Gasteiger partial charge is 0.0340 e. The molecule has 10 heavy (non-hydrogen) atoms. The van der Waals surface area contributed by atoms with E-state index in [0.29, 0.717) is 0 Å². The van der Waals surface area contributed by atoms with Crippen LogP contribution in [0.4, 0.5) is 0 Å². The van der Waals surface area contributed by atoms with Crippen LogP contribution in [0.25, 0.3) is 0 Å². The van der Waals surface area contributed by atoms with Crippen molar-refractivity contribution in [3.05, 3.63) is 50.6 Å². The highest BCUT2D eigenvalue weighted by Gasteiger charge is 1.65. The molecule has 0 heterocycles. The summed E-state index contributed by atoms with van der Waals surface area (Å²) in [5, 5.41) is 0. The van der Waals surface area contributed by atoms with Gasteiger partial charge in [0, 0.05) is 0 Å². The van der Waals surface area contributed by atoms with Gasteiger partial charge < -0.3 is 0 Å². The Kier molecular flexibility index (Phi) is 39.3. The van der Waals surface area contributed by atoms with Crippen LogP contribution in [0.1, 0.15) is 13.8 Å². The Balaban J connectivity index is -0.000000105. The van der Waals surface area contributed by atoms with Crippen molar-refractivity contribution in [2.24, 2.45) is 0 Å². The van der Waals surface area contributed by atoms with E-state index in [1.165, 1.54) is 0 Å². The van der Waals surface area contributed by atoms with Gasteiger partial charge in [-0.2, -0.15) is 0 Å². The molecule has 0 radical (unpaired) electrons. The Morgan fingerprint density at radius 3 is 1.20 bits per heavy atom. The second-order valence-electron chi connectivity index (χ2n) is 0.983. The summed E-state index contributed by atoms with van der Waals surface area (Å²) in [4.78, 5) is 0. The molecule has 58 valence electrons. The molecule has 0 aromatic carbocycles. The molecule has 0 saturated heterocycles. The molecule has 0 aliphatic carbocycles. The Bertz CT molecular complexity index is 78.2. The van der Waals surface area contributed by atoms with Gasteiger partial charge in [0.2, 0.25) is 0 Å². The van der Waals surface area contributed by atoms with E-state index >= 15 is 0 Å².